The molecular formula is C23H17Br2F9N2O2. The Kier molecular flexibility index (Phi) is 10.1. The Balaban J connectivity index is 2.35. The van der Waals surface area contributed by atoms with E-state index in [2.05, 4.69) is 31.9 Å². The summed E-state index contributed by atoms with van der Waals surface area (Å²) in [7, 11) is 0. The fourth-order valence-corrected chi connectivity index (χ4v) is 4.48. The second-order valence-corrected chi connectivity index (χ2v) is 9.74. The average Bonchev–Trinajstić information content (AvgIpc) is 2.74. The largest absolute Gasteiger partial charge is 0.417 e. The molecule has 2 amide bonds. The first-order valence-corrected chi connectivity index (χ1v) is 11.9. The Labute approximate surface area is 226 Å². The van der Waals surface area contributed by atoms with E-state index >= 15 is 0 Å². The van der Waals surface area contributed by atoms with E-state index < -0.39 is 60.0 Å². The van der Waals surface area contributed by atoms with E-state index in [1.165, 1.54) is 23.5 Å². The Bertz CT molecular complexity index is 1190. The lowest BCUT2D eigenvalue weighted by Crippen LogP contribution is -2.47. The maximum Gasteiger partial charge on any atom is 0.417 e. The summed E-state index contributed by atoms with van der Waals surface area (Å²) in [5.41, 5.74) is -3.00. The van der Waals surface area contributed by atoms with Crippen molar-refractivity contribution < 1.29 is 49.1 Å². The van der Waals surface area contributed by atoms with E-state index in [4.69, 9.17) is 0 Å². The number of allylic oxidation sites excluding steroid dienone is 1. The highest BCUT2D eigenvalue weighted by Gasteiger charge is 2.39. The van der Waals surface area contributed by atoms with Crippen molar-refractivity contribution in [1.29, 1.82) is 0 Å². The minimum absolute atomic E-state index is 0.195. The molecule has 0 aliphatic carbocycles. The third-order valence-corrected chi connectivity index (χ3v) is 5.79. The third kappa shape index (κ3) is 9.33. The first-order chi connectivity index (χ1) is 17.3. The van der Waals surface area contributed by atoms with Crippen LogP contribution in [0.15, 0.2) is 51.4 Å². The predicted octanol–water partition coefficient (Wildman–Crippen LogP) is 7.39. The summed E-state index contributed by atoms with van der Waals surface area (Å²) < 4.78 is 120. The quantitative estimate of drug-likeness (QED) is 0.299. The molecule has 2 aromatic rings. The second kappa shape index (κ2) is 12.1. The minimum atomic E-state index is -5.13. The average molecular weight is 684 g/mol. The highest BCUT2D eigenvalue weighted by atomic mass is 79.9. The predicted molar refractivity (Wildman–Crippen MR) is 127 cm³/mol. The van der Waals surface area contributed by atoms with Crippen LogP contribution >= 0.6 is 31.9 Å². The second-order valence-electron chi connectivity index (χ2n) is 7.91. The van der Waals surface area contributed by atoms with E-state index in [0.717, 1.165) is 19.1 Å². The maximum absolute atomic E-state index is 13.7. The van der Waals surface area contributed by atoms with Gasteiger partial charge < -0.3 is 10.6 Å². The molecule has 2 aromatic carbocycles. The molecule has 1 unspecified atom stereocenters. The van der Waals surface area contributed by atoms with Crippen LogP contribution in [0.4, 0.5) is 39.5 Å². The van der Waals surface area contributed by atoms with Crippen molar-refractivity contribution in [3.8, 4) is 0 Å². The smallest absolute Gasteiger partial charge is 0.345 e. The van der Waals surface area contributed by atoms with Crippen LogP contribution in [0, 0.1) is 0 Å². The zero-order valence-electron chi connectivity index (χ0n) is 19.0. The Hall–Kier alpha value is -2.55. The zero-order chi connectivity index (χ0) is 29.1. The maximum atomic E-state index is 13.7. The van der Waals surface area contributed by atoms with Crippen molar-refractivity contribution in [3.63, 3.8) is 0 Å². The number of carbonyl (C=O) groups is 2. The van der Waals surface area contributed by atoms with Crippen molar-refractivity contribution in [1.82, 2.24) is 10.6 Å². The van der Waals surface area contributed by atoms with Gasteiger partial charge in [-0.1, -0.05) is 50.1 Å². The number of benzene rings is 2. The van der Waals surface area contributed by atoms with Crippen LogP contribution in [0.25, 0.3) is 6.08 Å². The number of nitrogens with one attached hydrogen (secondary N) is 2. The first kappa shape index (κ1) is 31.7. The van der Waals surface area contributed by atoms with Gasteiger partial charge in [0.2, 0.25) is 5.91 Å². The number of rotatable bonds is 7. The van der Waals surface area contributed by atoms with Gasteiger partial charge in [0, 0.05) is 8.95 Å². The van der Waals surface area contributed by atoms with Crippen molar-refractivity contribution in [2.24, 2.45) is 0 Å². The number of halogens is 11. The van der Waals surface area contributed by atoms with Crippen molar-refractivity contribution in [3.05, 3.63) is 73.7 Å². The molecule has 2 rings (SSSR count). The van der Waals surface area contributed by atoms with E-state index in [-0.39, 0.29) is 11.1 Å². The minimum Gasteiger partial charge on any atom is -0.345 e. The van der Waals surface area contributed by atoms with E-state index in [1.54, 1.807) is 0 Å². The number of hydrogen-bond acceptors (Lipinski definition) is 2. The zero-order valence-corrected chi connectivity index (χ0v) is 22.1. The number of carbonyl (C=O) groups excluding carboxylic acids is 2. The molecule has 0 heterocycles. The normalized spacial score (nSPS) is 14.3. The van der Waals surface area contributed by atoms with Crippen LogP contribution < -0.4 is 10.6 Å². The van der Waals surface area contributed by atoms with Crippen LogP contribution in [0.3, 0.4) is 0 Å². The highest BCUT2D eigenvalue weighted by molar-refractivity contribution is 9.11. The summed E-state index contributed by atoms with van der Waals surface area (Å²) in [6.45, 7) is -0.748. The molecule has 2 N–H and O–H groups in total. The first-order valence-electron chi connectivity index (χ1n) is 10.4. The van der Waals surface area contributed by atoms with Gasteiger partial charge in [0.05, 0.1) is 17.0 Å². The van der Waals surface area contributed by atoms with Crippen LogP contribution in [0.1, 0.15) is 39.9 Å². The van der Waals surface area contributed by atoms with Crippen molar-refractivity contribution in [2.75, 3.05) is 6.54 Å². The molecule has 4 nitrogen and oxygen atoms in total. The molecular weight excluding hydrogens is 667 g/mol. The van der Waals surface area contributed by atoms with E-state index in [0.29, 0.717) is 27.2 Å². The van der Waals surface area contributed by atoms with Gasteiger partial charge in [-0.3, -0.25) is 9.59 Å². The molecule has 208 valence electrons. The monoisotopic (exact) mass is 682 g/mol. The molecule has 15 heteroatoms. The van der Waals surface area contributed by atoms with Gasteiger partial charge in [0.15, 0.2) is 0 Å². The highest BCUT2D eigenvalue weighted by Crippen LogP contribution is 2.39. The van der Waals surface area contributed by atoms with Gasteiger partial charge in [0.1, 0.15) is 12.6 Å². The van der Waals surface area contributed by atoms with Gasteiger partial charge in [-0.25, -0.2) is 0 Å². The summed E-state index contributed by atoms with van der Waals surface area (Å²) in [6, 6.07) is 4.38. The van der Waals surface area contributed by atoms with Gasteiger partial charge in [-0.05, 0) is 48.4 Å². The van der Waals surface area contributed by atoms with Crippen molar-refractivity contribution in [2.45, 2.75) is 37.4 Å². The summed E-state index contributed by atoms with van der Waals surface area (Å²) in [6.07, 6.45) is -13.2. The molecule has 0 aliphatic rings. The Morgan fingerprint density at radius 2 is 1.50 bits per heavy atom. The molecule has 0 saturated heterocycles. The lowest BCUT2D eigenvalue weighted by Gasteiger charge is -2.19. The van der Waals surface area contributed by atoms with Gasteiger partial charge in [-0.2, -0.15) is 39.5 Å². The molecule has 0 fully saturated rings. The van der Waals surface area contributed by atoms with Crippen LogP contribution in [0.2, 0.25) is 0 Å². The summed E-state index contributed by atoms with van der Waals surface area (Å²) in [5.74, 6) is -4.89. The number of hydrogen-bond donors (Lipinski definition) is 2. The molecule has 0 radical (unpaired) electrons. The topological polar surface area (TPSA) is 58.2 Å². The molecule has 0 spiro atoms. The molecule has 0 aromatic heterocycles. The Morgan fingerprint density at radius 1 is 0.921 bits per heavy atom. The van der Waals surface area contributed by atoms with Gasteiger partial charge in [0.25, 0.3) is 5.91 Å². The van der Waals surface area contributed by atoms with Gasteiger partial charge in [-0.15, -0.1) is 0 Å². The van der Waals surface area contributed by atoms with Crippen LogP contribution in [-0.2, 0) is 11.0 Å². The molecule has 0 saturated carbocycles. The summed E-state index contributed by atoms with van der Waals surface area (Å²) in [5, 5.41) is 3.36. The third-order valence-electron chi connectivity index (χ3n) is 4.88. The van der Waals surface area contributed by atoms with Gasteiger partial charge >= 0.3 is 18.5 Å². The molecule has 0 aliphatic heterocycles. The number of amides is 2. The summed E-state index contributed by atoms with van der Waals surface area (Å²) >= 11 is 6.16. The van der Waals surface area contributed by atoms with E-state index in [1.807, 2.05) is 5.32 Å². The fraction of sp³-hybridized carbons (Fsp3) is 0.304. The Morgan fingerprint density at radius 3 is 2.00 bits per heavy atom. The lowest BCUT2D eigenvalue weighted by atomic mass is 9.96. The standard InChI is InChI=1S/C23H17Br2F9N2O2/c1-11(19(37)35-10-21(26,27)28)36-20(38)16-4-2-12(6-18(16)23(32,33)34)3-5-17(22(29,30)31)13-7-14(24)9-15(25)8-13/h2-9,11,17H,10H2,1H3,(H,35,37)(H,36,38)/b5-3+/t11-,17?/m1/s1. The van der Waals surface area contributed by atoms with Crippen LogP contribution in [-0.4, -0.2) is 36.8 Å². The SMILES string of the molecule is C[C@@H](NC(=O)c1ccc(/C=C/C(c2cc(Br)cc(Br)c2)C(F)(F)F)cc1C(F)(F)F)C(=O)NCC(F)(F)F. The lowest BCUT2D eigenvalue weighted by molar-refractivity contribution is -0.139. The fourth-order valence-electron chi connectivity index (χ4n) is 3.15. The number of alkyl halides is 9. The molecule has 0 bridgehead atoms. The van der Waals surface area contributed by atoms with Crippen LogP contribution in [0.5, 0.6) is 0 Å². The molecule has 38 heavy (non-hydrogen) atoms. The van der Waals surface area contributed by atoms with Crippen molar-refractivity contribution >= 4 is 49.8 Å². The van der Waals surface area contributed by atoms with E-state index in [9.17, 15) is 49.1 Å². The summed E-state index contributed by atoms with van der Waals surface area (Å²) in [4.78, 5) is 24.1. The molecule has 2 atom stereocenters.